The lowest BCUT2D eigenvalue weighted by Gasteiger charge is -2.33. The molecule has 3 saturated heterocycles. The van der Waals surface area contributed by atoms with Crippen LogP contribution in [0.2, 0.25) is 0 Å². The molecule has 0 N–H and O–H groups in total. The van der Waals surface area contributed by atoms with Gasteiger partial charge in [-0.3, -0.25) is 4.79 Å². The summed E-state index contributed by atoms with van der Waals surface area (Å²) in [6, 6.07) is 0. The fourth-order valence-electron chi connectivity index (χ4n) is 3.93. The molecule has 3 aliphatic heterocycles. The molecule has 1 unspecified atom stereocenters. The lowest BCUT2D eigenvalue weighted by molar-refractivity contribution is -0.246. The molecule has 4 fully saturated rings. The van der Waals surface area contributed by atoms with Crippen LogP contribution in [0.1, 0.15) is 59.3 Å². The Bertz CT molecular complexity index is 566. The number of hydrogen-bond acceptors (Lipinski definition) is 7. The van der Waals surface area contributed by atoms with E-state index < -0.39 is 53.8 Å². The van der Waals surface area contributed by atoms with Gasteiger partial charge in [0.25, 0.3) is 0 Å². The Kier molecular flexibility index (Phi) is 4.09. The topological polar surface area (TPSA) is 80.3 Å². The van der Waals surface area contributed by atoms with Crippen LogP contribution in [0, 0.1) is 5.41 Å². The molecule has 0 bridgehead atoms. The van der Waals surface area contributed by atoms with Crippen molar-refractivity contribution in [1.29, 1.82) is 0 Å². The number of carbonyl (C=O) groups is 2. The molecular formula is C18H26O7. The molecule has 140 valence electrons. The van der Waals surface area contributed by atoms with Gasteiger partial charge in [0.2, 0.25) is 6.10 Å². The van der Waals surface area contributed by atoms with Crippen LogP contribution in [0.3, 0.4) is 0 Å². The van der Waals surface area contributed by atoms with Gasteiger partial charge < -0.3 is 23.7 Å². The van der Waals surface area contributed by atoms with Gasteiger partial charge in [0.1, 0.15) is 6.10 Å². The van der Waals surface area contributed by atoms with Crippen molar-refractivity contribution < 1.29 is 33.3 Å². The van der Waals surface area contributed by atoms with E-state index in [4.69, 9.17) is 23.7 Å². The molecule has 7 nitrogen and oxygen atoms in total. The van der Waals surface area contributed by atoms with Crippen molar-refractivity contribution in [1.82, 2.24) is 0 Å². The fraction of sp³-hybridized carbons (Fsp3) is 0.889. The van der Waals surface area contributed by atoms with Crippen LogP contribution in [0.4, 0.5) is 0 Å². The lowest BCUT2D eigenvalue weighted by Crippen LogP contribution is -2.41. The summed E-state index contributed by atoms with van der Waals surface area (Å²) in [5.74, 6) is -1.60. The van der Waals surface area contributed by atoms with E-state index in [1.165, 1.54) is 6.42 Å². The number of fused-ring (bicyclic) bond motifs is 3. The van der Waals surface area contributed by atoms with Crippen LogP contribution >= 0.6 is 0 Å². The van der Waals surface area contributed by atoms with Gasteiger partial charge in [-0.15, -0.1) is 0 Å². The molecule has 0 aromatic carbocycles. The minimum atomic E-state index is -1.05. The molecule has 0 aromatic rings. The summed E-state index contributed by atoms with van der Waals surface area (Å²) in [4.78, 5) is 24.5. The molecule has 1 spiro atoms. The molecule has 0 radical (unpaired) electrons. The Morgan fingerprint density at radius 3 is 2.56 bits per heavy atom. The quantitative estimate of drug-likeness (QED) is 0.718. The Morgan fingerprint density at radius 1 is 1.16 bits per heavy atom. The highest BCUT2D eigenvalue weighted by Gasteiger charge is 2.65. The summed E-state index contributed by atoms with van der Waals surface area (Å²) in [5.41, 5.74) is -0.661. The van der Waals surface area contributed by atoms with Gasteiger partial charge in [-0.25, -0.2) is 4.79 Å². The van der Waals surface area contributed by atoms with Gasteiger partial charge >= 0.3 is 11.9 Å². The minimum absolute atomic E-state index is 0.427. The summed E-state index contributed by atoms with van der Waals surface area (Å²) in [7, 11) is 0. The summed E-state index contributed by atoms with van der Waals surface area (Å²) in [5, 5.41) is 0. The lowest BCUT2D eigenvalue weighted by atomic mass is 9.90. The molecule has 3 heterocycles. The van der Waals surface area contributed by atoms with Crippen LogP contribution in [0.5, 0.6) is 0 Å². The maximum Gasteiger partial charge on any atom is 0.350 e. The number of rotatable bonds is 3. The van der Waals surface area contributed by atoms with E-state index >= 15 is 0 Å². The average Bonchev–Trinajstić information content (AvgIpc) is 3.17. The van der Waals surface area contributed by atoms with E-state index in [0.29, 0.717) is 6.42 Å². The summed E-state index contributed by atoms with van der Waals surface area (Å²) in [6.07, 6.45) is 2.25. The first-order valence-corrected chi connectivity index (χ1v) is 9.28. The highest BCUT2D eigenvalue weighted by atomic mass is 16.9. The highest BCUT2D eigenvalue weighted by Crippen LogP contribution is 2.48. The van der Waals surface area contributed by atoms with Crippen molar-refractivity contribution in [2.45, 2.75) is 95.8 Å². The van der Waals surface area contributed by atoms with E-state index in [0.717, 1.165) is 25.7 Å². The Morgan fingerprint density at radius 2 is 1.88 bits per heavy atom. The predicted octanol–water partition coefficient (Wildman–Crippen LogP) is 2.06. The van der Waals surface area contributed by atoms with Gasteiger partial charge in [-0.1, -0.05) is 13.3 Å². The molecule has 1 saturated carbocycles. The van der Waals surface area contributed by atoms with Crippen molar-refractivity contribution in [3.8, 4) is 0 Å². The summed E-state index contributed by atoms with van der Waals surface area (Å²) >= 11 is 0. The van der Waals surface area contributed by atoms with Crippen LogP contribution in [-0.4, -0.2) is 48.4 Å². The second kappa shape index (κ2) is 5.93. The number of ether oxygens (including phenoxy) is 5. The van der Waals surface area contributed by atoms with Crippen molar-refractivity contribution in [3.63, 3.8) is 0 Å². The van der Waals surface area contributed by atoms with Gasteiger partial charge in [-0.2, -0.15) is 0 Å². The van der Waals surface area contributed by atoms with Crippen LogP contribution in [0.15, 0.2) is 0 Å². The van der Waals surface area contributed by atoms with E-state index in [2.05, 4.69) is 0 Å². The van der Waals surface area contributed by atoms with Crippen LogP contribution in [-0.2, 0) is 33.3 Å². The zero-order valence-electron chi connectivity index (χ0n) is 15.0. The Hall–Kier alpha value is -1.18. The SMILES string of the molecule is CCC(C)(C)C(=O)O[C@@H]1C(=O)O[C@H]2C1O[C@@H]1OC3(CCCCC3)O[C@@H]12. The third kappa shape index (κ3) is 2.76. The molecule has 0 aromatic heterocycles. The first-order valence-electron chi connectivity index (χ1n) is 9.28. The largest absolute Gasteiger partial charge is 0.454 e. The van der Waals surface area contributed by atoms with E-state index in [1.807, 2.05) is 6.92 Å². The normalized spacial score (nSPS) is 39.2. The van der Waals surface area contributed by atoms with Gasteiger partial charge in [0.05, 0.1) is 5.41 Å². The molecule has 0 amide bonds. The van der Waals surface area contributed by atoms with E-state index in [1.54, 1.807) is 13.8 Å². The highest BCUT2D eigenvalue weighted by molar-refractivity contribution is 5.84. The summed E-state index contributed by atoms with van der Waals surface area (Å²) < 4.78 is 29.0. The zero-order chi connectivity index (χ0) is 17.8. The molecule has 4 aliphatic rings. The summed E-state index contributed by atoms with van der Waals surface area (Å²) in [6.45, 7) is 5.48. The second-order valence-electron chi connectivity index (χ2n) is 8.11. The molecule has 1 aliphatic carbocycles. The standard InChI is InChI=1S/C18H26O7/c1-4-17(2,3)16(20)23-12-10-11(21-14(12)19)13-15(22-10)25-18(24-13)8-6-5-7-9-18/h10-13,15H,4-9H2,1-3H3/t10?,11-,12-,13+,15+/m0/s1. The number of carbonyl (C=O) groups excluding carboxylic acids is 2. The maximum atomic E-state index is 12.3. The van der Waals surface area contributed by atoms with Gasteiger partial charge in [0.15, 0.2) is 24.3 Å². The monoisotopic (exact) mass is 354 g/mol. The molecule has 5 atom stereocenters. The molecule has 25 heavy (non-hydrogen) atoms. The molecular weight excluding hydrogens is 328 g/mol. The van der Waals surface area contributed by atoms with Crippen molar-refractivity contribution >= 4 is 11.9 Å². The van der Waals surface area contributed by atoms with Crippen molar-refractivity contribution in [3.05, 3.63) is 0 Å². The first-order chi connectivity index (χ1) is 11.9. The predicted molar refractivity (Wildman–Crippen MR) is 84.3 cm³/mol. The van der Waals surface area contributed by atoms with Crippen LogP contribution in [0.25, 0.3) is 0 Å². The van der Waals surface area contributed by atoms with Gasteiger partial charge in [-0.05, 0) is 33.1 Å². The van der Waals surface area contributed by atoms with E-state index in [9.17, 15) is 9.59 Å². The first kappa shape index (κ1) is 17.2. The Balaban J connectivity index is 1.45. The Labute approximate surface area is 147 Å². The maximum absolute atomic E-state index is 12.3. The second-order valence-corrected chi connectivity index (χ2v) is 8.11. The van der Waals surface area contributed by atoms with E-state index in [-0.39, 0.29) is 0 Å². The van der Waals surface area contributed by atoms with Crippen molar-refractivity contribution in [2.75, 3.05) is 0 Å². The average molecular weight is 354 g/mol. The molecule has 4 rings (SSSR count). The fourth-order valence-corrected chi connectivity index (χ4v) is 3.93. The zero-order valence-corrected chi connectivity index (χ0v) is 15.0. The third-order valence-corrected chi connectivity index (χ3v) is 5.96. The number of esters is 2. The van der Waals surface area contributed by atoms with Gasteiger partial charge in [0, 0.05) is 12.8 Å². The molecule has 7 heteroatoms. The van der Waals surface area contributed by atoms with Crippen LogP contribution < -0.4 is 0 Å². The third-order valence-electron chi connectivity index (χ3n) is 5.96. The smallest absolute Gasteiger partial charge is 0.350 e. The minimum Gasteiger partial charge on any atom is -0.454 e. The number of hydrogen-bond donors (Lipinski definition) is 0. The van der Waals surface area contributed by atoms with Crippen molar-refractivity contribution in [2.24, 2.45) is 5.41 Å².